The van der Waals surface area contributed by atoms with Crippen LogP contribution in [0, 0.1) is 35.5 Å². The highest BCUT2D eigenvalue weighted by Gasteiger charge is 2.53. The summed E-state index contributed by atoms with van der Waals surface area (Å²) in [4.78, 5) is 87.5. The molecule has 1 amide bonds. The van der Waals surface area contributed by atoms with Crippen LogP contribution < -0.4 is 0 Å². The van der Waals surface area contributed by atoms with Gasteiger partial charge >= 0.3 is 12.1 Å². The highest BCUT2D eigenvalue weighted by Crippen LogP contribution is 2.38. The summed E-state index contributed by atoms with van der Waals surface area (Å²) in [6.45, 7) is 11.4. The van der Waals surface area contributed by atoms with Crippen LogP contribution in [0.4, 0.5) is 4.79 Å². The molecule has 5 rings (SSSR count). The maximum absolute atomic E-state index is 14.6. The largest absolute Gasteiger partial charge is 0.511 e. The van der Waals surface area contributed by atoms with Crippen molar-refractivity contribution < 1.29 is 96.9 Å². The van der Waals surface area contributed by atoms with Crippen LogP contribution in [0.1, 0.15) is 126 Å². The second-order valence-corrected chi connectivity index (χ2v) is 23.0. The molecule has 5 aliphatic rings. The number of fused-ring (bicyclic) bond motifs is 3. The van der Waals surface area contributed by atoms with Crippen molar-refractivity contribution >= 4 is 35.4 Å². The van der Waals surface area contributed by atoms with Crippen molar-refractivity contribution in [2.45, 2.75) is 211 Å². The van der Waals surface area contributed by atoms with Crippen LogP contribution >= 0.6 is 0 Å². The van der Waals surface area contributed by atoms with Gasteiger partial charge in [0.05, 0.1) is 31.0 Å². The third-order valence-electron chi connectivity index (χ3n) is 17.0. The van der Waals surface area contributed by atoms with Crippen molar-refractivity contribution in [1.82, 2.24) is 4.90 Å². The molecule has 0 radical (unpaired) electrons. The fourth-order valence-corrected chi connectivity index (χ4v) is 11.9. The number of aliphatic hydroxyl groups is 5. The summed E-state index contributed by atoms with van der Waals surface area (Å²) in [7, 11) is 5.54. The van der Waals surface area contributed by atoms with Crippen LogP contribution in [0.3, 0.4) is 0 Å². The Morgan fingerprint density at radius 1 is 0.812 bits per heavy atom. The zero-order valence-electron chi connectivity index (χ0n) is 48.6. The van der Waals surface area contributed by atoms with Gasteiger partial charge in [0.15, 0.2) is 18.0 Å². The minimum absolute atomic E-state index is 0.0216. The lowest BCUT2D eigenvalue weighted by Gasteiger charge is -2.42. The van der Waals surface area contributed by atoms with E-state index in [2.05, 4.69) is 0 Å². The van der Waals surface area contributed by atoms with Gasteiger partial charge in [-0.15, -0.1) is 0 Å². The van der Waals surface area contributed by atoms with Gasteiger partial charge in [0.25, 0.3) is 11.7 Å². The van der Waals surface area contributed by atoms with Crippen molar-refractivity contribution in [3.05, 3.63) is 47.6 Å². The van der Waals surface area contributed by atoms with Crippen molar-refractivity contribution in [1.29, 1.82) is 0 Å². The molecule has 20 atom stereocenters. The fourth-order valence-electron chi connectivity index (χ4n) is 11.9. The van der Waals surface area contributed by atoms with Gasteiger partial charge in [-0.2, -0.15) is 0 Å². The average molecular weight is 1130 g/mol. The standard InChI is InChI=1S/C59H91NO20/c1-32-17-13-12-14-18-33(2)44(72-8)29-40-22-20-38(7)59(71,80-40)54(67)55(68)60-24-16-15-19-41(60)56(69)76-45(35(4)27-39-21-23-42(62)46(28-39)73-9)30-43(63)34(3)26-37(6)51(52(74-10)48(64)36(5)25-32)78-58(70)79-57-53(75-11)50(66)49(65)47(31-61)77-57/h12-14,17-18,26,32,34-36,38-42,44-47,49-53,57,61-62,65-66,71H,15-16,19-25,27-31H2,1-11H3/b14-12+,17-13-,33-18+,37-26+/t32-,34-,35-,36-,38-,39+,40+,41?,42-,44+,45+,46-,47+,49+,50-,51-,52+,53+,57-,59-/m1/s1. The van der Waals surface area contributed by atoms with E-state index in [0.717, 1.165) is 10.5 Å². The number of carbonyl (C=O) groups excluding carboxylic acids is 6. The molecular formula is C59H91NO20. The molecule has 21 heteroatoms. The first-order valence-corrected chi connectivity index (χ1v) is 28.4. The predicted molar refractivity (Wildman–Crippen MR) is 289 cm³/mol. The Morgan fingerprint density at radius 3 is 2.20 bits per heavy atom. The van der Waals surface area contributed by atoms with Crippen LogP contribution in [-0.2, 0) is 66.6 Å². The minimum Gasteiger partial charge on any atom is -0.460 e. The van der Waals surface area contributed by atoms with E-state index < -0.39 is 151 Å². The van der Waals surface area contributed by atoms with Gasteiger partial charge in [-0.1, -0.05) is 71.1 Å². The SMILES string of the molecule is CO[C@@H]1[C@@H](OC(=O)O[C@@H]2/C(C)=C/[C@@H](C)C(=O)C[C@@H]([C@H](C)C[C@@H]3CC[C@@H](O)[C@H](OC)C3)OC(=O)C3CCCCN3C(=O)C(=O)[C@]3(O)O[C@@H](CC[C@H]3C)C[C@H](OC)/C(C)=C/C=C/C=C\[C@@H](C)C[C@@H](C)C(=O)[C@@H]2OC)O[C@@H](CO)[C@H](O)[C@H]1O. The zero-order valence-corrected chi connectivity index (χ0v) is 48.6. The van der Waals surface area contributed by atoms with Gasteiger partial charge < -0.3 is 73.1 Å². The molecular weight excluding hydrogens is 1040 g/mol. The molecule has 5 N–H and O–H groups in total. The second-order valence-electron chi connectivity index (χ2n) is 23.0. The maximum atomic E-state index is 14.6. The lowest BCUT2D eigenvalue weighted by molar-refractivity contribution is -0.294. The number of rotatable bonds is 10. The number of hydrogen-bond donors (Lipinski definition) is 5. The summed E-state index contributed by atoms with van der Waals surface area (Å²) >= 11 is 0. The van der Waals surface area contributed by atoms with Gasteiger partial charge in [0.2, 0.25) is 12.1 Å². The summed E-state index contributed by atoms with van der Waals surface area (Å²) < 4.78 is 52.0. The lowest BCUT2D eigenvalue weighted by Crippen LogP contribution is -2.61. The van der Waals surface area contributed by atoms with Gasteiger partial charge in [0.1, 0.15) is 42.3 Å². The summed E-state index contributed by atoms with van der Waals surface area (Å²) in [5.41, 5.74) is 1.02. The summed E-state index contributed by atoms with van der Waals surface area (Å²) in [6.07, 6.45) is -0.183. The highest BCUT2D eigenvalue weighted by atomic mass is 16.8. The first kappa shape index (κ1) is 66.5. The Bertz CT molecular complexity index is 2210. The fraction of sp³-hybridized carbons (Fsp3) is 0.763. The number of methoxy groups -OCH3 is 4. The number of carbonyl (C=O) groups is 6. The first-order chi connectivity index (χ1) is 37.9. The molecule has 0 aromatic rings. The van der Waals surface area contributed by atoms with E-state index in [-0.39, 0.29) is 43.2 Å². The molecule has 21 nitrogen and oxygen atoms in total. The number of allylic oxidation sites excluding steroid dienone is 6. The summed E-state index contributed by atoms with van der Waals surface area (Å²) in [5, 5.41) is 53.7. The zero-order chi connectivity index (χ0) is 59.2. The highest BCUT2D eigenvalue weighted by molar-refractivity contribution is 6.39. The third kappa shape index (κ3) is 16.9. The van der Waals surface area contributed by atoms with Crippen molar-refractivity contribution in [2.75, 3.05) is 41.6 Å². The predicted octanol–water partition coefficient (Wildman–Crippen LogP) is 4.80. The van der Waals surface area contributed by atoms with Gasteiger partial charge in [-0.05, 0) is 107 Å². The summed E-state index contributed by atoms with van der Waals surface area (Å²) in [6, 6.07) is -1.23. The molecule has 1 aliphatic carbocycles. The van der Waals surface area contributed by atoms with Crippen molar-refractivity contribution in [3.63, 3.8) is 0 Å². The monoisotopic (exact) mass is 1130 g/mol. The second kappa shape index (κ2) is 30.9. The van der Waals surface area contributed by atoms with E-state index in [4.69, 9.17) is 42.6 Å². The number of ether oxygens (including phenoxy) is 9. The normalized spacial score (nSPS) is 40.8. The number of Topliss-reactive ketones (excluding diaryl/α,β-unsaturated/α-hetero) is 3. The van der Waals surface area contributed by atoms with Crippen LogP contribution in [0.2, 0.25) is 0 Å². The molecule has 0 aromatic heterocycles. The quantitative estimate of drug-likeness (QED) is 0.112. The van der Waals surface area contributed by atoms with Gasteiger partial charge in [-0.25, -0.2) is 9.59 Å². The Hall–Kier alpha value is -4.26. The van der Waals surface area contributed by atoms with Crippen LogP contribution in [-0.4, -0.2) is 193 Å². The van der Waals surface area contributed by atoms with Crippen LogP contribution in [0.15, 0.2) is 47.6 Å². The minimum atomic E-state index is -2.49. The van der Waals surface area contributed by atoms with E-state index in [1.54, 1.807) is 34.8 Å². The number of hydrogen-bond acceptors (Lipinski definition) is 20. The number of piperidine rings is 1. The van der Waals surface area contributed by atoms with Crippen molar-refractivity contribution in [2.24, 2.45) is 35.5 Å². The Morgan fingerprint density at radius 2 is 1.54 bits per heavy atom. The third-order valence-corrected chi connectivity index (χ3v) is 17.0. The first-order valence-electron chi connectivity index (χ1n) is 28.4. The number of aliphatic hydroxyl groups excluding tert-OH is 4. The van der Waals surface area contributed by atoms with Gasteiger partial charge in [-0.3, -0.25) is 19.2 Å². The maximum Gasteiger partial charge on any atom is 0.511 e. The van der Waals surface area contributed by atoms with E-state index in [9.17, 15) is 54.3 Å². The number of amides is 1. The molecule has 4 aliphatic heterocycles. The van der Waals surface area contributed by atoms with Crippen molar-refractivity contribution in [3.8, 4) is 0 Å². The molecule has 4 fully saturated rings. The molecule has 3 saturated heterocycles. The van der Waals surface area contributed by atoms with Crippen LogP contribution in [0.25, 0.3) is 0 Å². The van der Waals surface area contributed by atoms with E-state index in [1.165, 1.54) is 27.4 Å². The molecule has 0 spiro atoms. The number of cyclic esters (lactones) is 1. The topological polar surface area (TPSA) is 290 Å². The number of nitrogens with zero attached hydrogens (tertiary/aromatic N) is 1. The average Bonchev–Trinajstić information content (AvgIpc) is 3.43. The Kier molecular flexibility index (Phi) is 25.7. The van der Waals surface area contributed by atoms with Crippen LogP contribution in [0.5, 0.6) is 0 Å². The molecule has 2 bridgehead atoms. The Labute approximate surface area is 471 Å². The van der Waals surface area contributed by atoms with E-state index in [1.807, 2.05) is 51.2 Å². The molecule has 0 aromatic carbocycles. The lowest BCUT2D eigenvalue weighted by atomic mass is 9.78. The van der Waals surface area contributed by atoms with E-state index in [0.29, 0.717) is 57.8 Å². The summed E-state index contributed by atoms with van der Waals surface area (Å²) in [5.74, 6) is -9.44. The molecule has 1 saturated carbocycles. The Balaban J connectivity index is 1.54. The molecule has 452 valence electrons. The van der Waals surface area contributed by atoms with Gasteiger partial charge in [0, 0.05) is 65.6 Å². The smallest absolute Gasteiger partial charge is 0.460 e. The number of esters is 1. The molecule has 1 unspecified atom stereocenters. The van der Waals surface area contributed by atoms with E-state index >= 15 is 0 Å². The molecule has 80 heavy (non-hydrogen) atoms. The number of ketones is 3. The molecule has 4 heterocycles.